The zero-order valence-electron chi connectivity index (χ0n) is 33.5. The van der Waals surface area contributed by atoms with Crippen LogP contribution in [0.15, 0.2) is 152 Å². The van der Waals surface area contributed by atoms with Crippen LogP contribution in [-0.4, -0.2) is 9.13 Å². The number of nitriles is 3. The molecule has 8 heteroatoms. The van der Waals surface area contributed by atoms with Crippen LogP contribution in [-0.2, 0) is 0 Å². The number of fused-ring (bicyclic) bond motifs is 6. The Hall–Kier alpha value is -9.70. The van der Waals surface area contributed by atoms with Gasteiger partial charge in [0, 0.05) is 32.7 Å². The highest BCUT2D eigenvalue weighted by Crippen LogP contribution is 2.45. The van der Waals surface area contributed by atoms with Gasteiger partial charge >= 0.3 is 0 Å². The second-order valence-electron chi connectivity index (χ2n) is 15.3. The highest BCUT2D eigenvalue weighted by Gasteiger charge is 2.23. The summed E-state index contributed by atoms with van der Waals surface area (Å²) in [5.41, 5.74) is 13.3. The van der Waals surface area contributed by atoms with E-state index in [4.69, 9.17) is 19.7 Å². The van der Waals surface area contributed by atoms with Crippen molar-refractivity contribution in [1.29, 1.82) is 15.8 Å². The Morgan fingerprint density at radius 1 is 0.413 bits per heavy atom. The number of para-hydroxylation sites is 2. The predicted molar refractivity (Wildman–Crippen MR) is 249 cm³/mol. The summed E-state index contributed by atoms with van der Waals surface area (Å²) in [5, 5.41) is 33.5. The maximum atomic E-state index is 10.0. The van der Waals surface area contributed by atoms with E-state index in [-0.39, 0.29) is 0 Å². The predicted octanol–water partition coefficient (Wildman–Crippen LogP) is 14.5. The summed E-state index contributed by atoms with van der Waals surface area (Å²) >= 11 is 0. The second kappa shape index (κ2) is 14.8. The molecule has 0 N–H and O–H groups in total. The van der Waals surface area contributed by atoms with Crippen molar-refractivity contribution in [3.8, 4) is 63.0 Å². The molecule has 0 saturated carbocycles. The van der Waals surface area contributed by atoms with Crippen LogP contribution in [0.25, 0.3) is 103 Å². The maximum absolute atomic E-state index is 10.0. The molecule has 0 aliphatic rings. The van der Waals surface area contributed by atoms with Crippen molar-refractivity contribution in [3.63, 3.8) is 0 Å². The van der Waals surface area contributed by atoms with Gasteiger partial charge in [-0.2, -0.15) is 15.8 Å². The van der Waals surface area contributed by atoms with Crippen molar-refractivity contribution in [2.45, 2.75) is 6.92 Å². The molecule has 0 fully saturated rings. The van der Waals surface area contributed by atoms with Crippen LogP contribution in [0.3, 0.4) is 0 Å². The summed E-state index contributed by atoms with van der Waals surface area (Å²) < 4.78 is 4.43. The van der Waals surface area contributed by atoms with E-state index in [0.29, 0.717) is 39.3 Å². The second-order valence-corrected chi connectivity index (χ2v) is 15.3. The normalized spacial score (nSPS) is 10.8. The summed E-state index contributed by atoms with van der Waals surface area (Å²) in [6.07, 6.45) is 0. The fourth-order valence-corrected chi connectivity index (χ4v) is 8.89. The first-order valence-corrected chi connectivity index (χ1v) is 19.8. The van der Waals surface area contributed by atoms with E-state index < -0.39 is 0 Å². The molecule has 8 aromatic carbocycles. The Morgan fingerprint density at radius 2 is 0.873 bits per heavy atom. The van der Waals surface area contributed by atoms with Crippen LogP contribution < -0.4 is 0 Å². The molecule has 0 spiro atoms. The Morgan fingerprint density at radius 3 is 1.37 bits per heavy atom. The van der Waals surface area contributed by atoms with Gasteiger partial charge in [0.25, 0.3) is 0 Å². The Balaban J connectivity index is 1.31. The molecule has 2 heterocycles. The van der Waals surface area contributed by atoms with Gasteiger partial charge < -0.3 is 9.13 Å². The molecule has 0 radical (unpaired) electrons. The van der Waals surface area contributed by atoms with E-state index in [0.717, 1.165) is 88.4 Å². The maximum Gasteiger partial charge on any atom is 0.197 e. The first kappa shape index (κ1) is 37.6. The van der Waals surface area contributed by atoms with E-state index in [1.165, 1.54) is 0 Å². The van der Waals surface area contributed by atoms with E-state index >= 15 is 0 Å². The molecule has 288 valence electrons. The molecule has 0 bridgehead atoms. The van der Waals surface area contributed by atoms with Crippen molar-refractivity contribution in [2.75, 3.05) is 0 Å². The van der Waals surface area contributed by atoms with E-state index in [9.17, 15) is 15.8 Å². The molecule has 0 saturated heterocycles. The van der Waals surface area contributed by atoms with Gasteiger partial charge in [-0.05, 0) is 143 Å². The van der Waals surface area contributed by atoms with Gasteiger partial charge in [-0.15, -0.1) is 0 Å². The first-order valence-electron chi connectivity index (χ1n) is 19.8. The minimum atomic E-state index is 0.389. The number of hydrogen-bond acceptors (Lipinski definition) is 3. The summed E-state index contributed by atoms with van der Waals surface area (Å²) in [6, 6.07) is 55.4. The molecular formula is C55H28N8. The molecule has 0 aliphatic carbocycles. The van der Waals surface area contributed by atoms with Gasteiger partial charge in [0.2, 0.25) is 0 Å². The third-order valence-electron chi connectivity index (χ3n) is 11.6. The number of rotatable bonds is 5. The number of hydrogen-bond donors (Lipinski definition) is 0. The van der Waals surface area contributed by atoms with Gasteiger partial charge in [-0.1, -0.05) is 54.6 Å². The van der Waals surface area contributed by atoms with Crippen LogP contribution >= 0.6 is 0 Å². The van der Waals surface area contributed by atoms with Crippen LogP contribution in [0.5, 0.6) is 0 Å². The van der Waals surface area contributed by atoms with Crippen LogP contribution in [0, 0.1) is 60.6 Å². The van der Waals surface area contributed by atoms with Gasteiger partial charge in [-0.3, -0.25) is 0 Å². The van der Waals surface area contributed by atoms with Gasteiger partial charge in [0.15, 0.2) is 17.1 Å². The summed E-state index contributed by atoms with van der Waals surface area (Å²) in [7, 11) is 0. The molecule has 0 atom stereocenters. The number of benzene rings is 8. The lowest BCUT2D eigenvalue weighted by Gasteiger charge is -2.20. The van der Waals surface area contributed by atoms with E-state index in [2.05, 4.69) is 96.5 Å². The number of aromatic nitrogens is 2. The molecule has 0 amide bonds. The fraction of sp³-hybridized carbons (Fsp3) is 0.0182. The average molecular weight is 801 g/mol. The van der Waals surface area contributed by atoms with Crippen molar-refractivity contribution in [3.05, 3.63) is 208 Å². The Labute approximate surface area is 362 Å². The largest absolute Gasteiger partial charge is 0.308 e. The van der Waals surface area contributed by atoms with E-state index in [1.54, 1.807) is 36.4 Å². The van der Waals surface area contributed by atoms with Crippen molar-refractivity contribution >= 4 is 60.7 Å². The third-order valence-corrected chi connectivity index (χ3v) is 11.6. The molecule has 0 aliphatic heterocycles. The Bertz CT molecular complexity index is 3830. The topological polar surface area (TPSA) is 94.3 Å². The van der Waals surface area contributed by atoms with Gasteiger partial charge in [0.05, 0.1) is 76.9 Å². The Kier molecular flexibility index (Phi) is 8.85. The third kappa shape index (κ3) is 6.18. The van der Waals surface area contributed by atoms with Gasteiger partial charge in [0.1, 0.15) is 0 Å². The molecule has 10 rings (SSSR count). The highest BCUT2D eigenvalue weighted by molar-refractivity contribution is 6.13. The van der Waals surface area contributed by atoms with Crippen LogP contribution in [0.4, 0.5) is 17.1 Å². The van der Waals surface area contributed by atoms with Crippen LogP contribution in [0.1, 0.15) is 22.3 Å². The zero-order chi connectivity index (χ0) is 43.4. The highest BCUT2D eigenvalue weighted by atomic mass is 15.1. The molecule has 0 unspecified atom stereocenters. The lowest BCUT2D eigenvalue weighted by Crippen LogP contribution is -2.04. The van der Waals surface area contributed by atoms with Crippen molar-refractivity contribution < 1.29 is 0 Å². The zero-order valence-corrected chi connectivity index (χ0v) is 33.5. The SMILES string of the molecule is [C-]#[N+]c1cc(C#N)cc(-c2ccc3c(c2)c2ccccc2n3-c2cc([N+]#[C-])c(-c3cc(C)cc(C#N)c3)cc2-n2c3ccccc3c3cc(-c4cc(C#N)cc([N+]#[C-])c4)ccc32)c1. The lowest BCUT2D eigenvalue weighted by molar-refractivity contribution is 1.10. The minimum Gasteiger partial charge on any atom is -0.308 e. The fourth-order valence-electron chi connectivity index (χ4n) is 8.89. The monoisotopic (exact) mass is 800 g/mol. The standard InChI is InChI=1S/C55H28N8/c1-33-17-34(30-56)21-41(18-33)46-28-54(62-50-11-7-5-9-44(50)47-26-37(13-15-52(47)62)39-19-35(31-57)22-42(24-39)59-2)55(29-49(46)61-4)63-51-12-8-6-10-45(51)48-27-38(14-16-53(48)63)40-20-36(32-58)23-43(25-40)60-3/h5-29H,1H3. The summed E-state index contributed by atoms with van der Waals surface area (Å²) in [5.74, 6) is 0. The molecular weight excluding hydrogens is 773 g/mol. The average Bonchev–Trinajstić information content (AvgIpc) is 3.84. The van der Waals surface area contributed by atoms with Crippen molar-refractivity contribution in [1.82, 2.24) is 9.13 Å². The minimum absolute atomic E-state index is 0.389. The number of nitrogens with zero attached hydrogens (tertiary/aromatic N) is 8. The molecule has 2 aromatic heterocycles. The molecule has 8 nitrogen and oxygen atoms in total. The summed E-state index contributed by atoms with van der Waals surface area (Å²) in [6.45, 7) is 25.8. The van der Waals surface area contributed by atoms with Crippen LogP contribution in [0.2, 0.25) is 0 Å². The molecule has 63 heavy (non-hydrogen) atoms. The summed E-state index contributed by atoms with van der Waals surface area (Å²) in [4.78, 5) is 11.4. The van der Waals surface area contributed by atoms with Gasteiger partial charge in [-0.25, -0.2) is 14.5 Å². The quantitative estimate of drug-likeness (QED) is 0.162. The molecule has 10 aromatic rings. The smallest absolute Gasteiger partial charge is 0.197 e. The lowest BCUT2D eigenvalue weighted by atomic mass is 9.97. The van der Waals surface area contributed by atoms with Crippen molar-refractivity contribution in [2.24, 2.45) is 0 Å². The first-order chi connectivity index (χ1) is 30.8. The number of aryl methyl sites for hydroxylation is 1. The van der Waals surface area contributed by atoms with E-state index in [1.807, 2.05) is 67.6 Å².